The fourth-order valence-electron chi connectivity index (χ4n) is 4.81. The van der Waals surface area contributed by atoms with E-state index in [-0.39, 0.29) is 15.8 Å². The third kappa shape index (κ3) is 6.03. The maximum absolute atomic E-state index is 14.0. The highest BCUT2D eigenvalue weighted by molar-refractivity contribution is 7.89. The topological polar surface area (TPSA) is 77.9 Å². The summed E-state index contributed by atoms with van der Waals surface area (Å²) >= 11 is 7.80. The van der Waals surface area contributed by atoms with Crippen LogP contribution >= 0.6 is 22.9 Å². The molecule has 2 aromatic carbocycles. The molecule has 0 saturated heterocycles. The Balaban J connectivity index is 1.75. The first-order valence-corrected chi connectivity index (χ1v) is 15.3. The standard InChI is InChI=1S/C28H33ClN2O4S2/c1-3-4-5-6-7-9-14-21-19-31(20-12-10-8-11-13-20)24-18-23(29)22(17-27(24)37(34,35)30(21)2)25-15-16-26(36-25)28(32)33/h8,10-13,15-18,21H,3-7,9,14,19H2,1-2H3,(H,32,33)/t21-/m1/s1. The van der Waals surface area contributed by atoms with Crippen LogP contribution in [0.15, 0.2) is 59.5 Å². The van der Waals surface area contributed by atoms with Crippen molar-refractivity contribution in [2.24, 2.45) is 0 Å². The Hall–Kier alpha value is -2.39. The number of nitrogens with zero attached hydrogens (tertiary/aromatic N) is 2. The van der Waals surface area contributed by atoms with Crippen molar-refractivity contribution in [3.63, 3.8) is 0 Å². The van der Waals surface area contributed by atoms with Gasteiger partial charge >= 0.3 is 5.97 Å². The molecule has 0 unspecified atom stereocenters. The first-order chi connectivity index (χ1) is 17.7. The molecule has 198 valence electrons. The normalized spacial score (nSPS) is 17.4. The summed E-state index contributed by atoms with van der Waals surface area (Å²) in [7, 11) is -2.17. The zero-order valence-electron chi connectivity index (χ0n) is 21.2. The Labute approximate surface area is 228 Å². The third-order valence-corrected chi connectivity index (χ3v) is 10.3. The Morgan fingerprint density at radius 2 is 1.76 bits per heavy atom. The number of hydrogen-bond acceptors (Lipinski definition) is 5. The van der Waals surface area contributed by atoms with Crippen LogP contribution in [0, 0.1) is 0 Å². The minimum Gasteiger partial charge on any atom is -0.477 e. The average Bonchev–Trinajstić information content (AvgIpc) is 3.36. The number of hydrogen-bond donors (Lipinski definition) is 1. The molecule has 1 aliphatic rings. The average molecular weight is 561 g/mol. The van der Waals surface area contributed by atoms with Crippen molar-refractivity contribution < 1.29 is 18.3 Å². The number of fused-ring (bicyclic) bond motifs is 1. The zero-order valence-corrected chi connectivity index (χ0v) is 23.6. The molecule has 1 N–H and O–H groups in total. The lowest BCUT2D eigenvalue weighted by Crippen LogP contribution is -2.40. The van der Waals surface area contributed by atoms with Crippen LogP contribution in [0.5, 0.6) is 0 Å². The summed E-state index contributed by atoms with van der Waals surface area (Å²) in [6.07, 6.45) is 7.63. The van der Waals surface area contributed by atoms with Gasteiger partial charge < -0.3 is 10.0 Å². The first-order valence-electron chi connectivity index (χ1n) is 12.7. The summed E-state index contributed by atoms with van der Waals surface area (Å²) in [5.41, 5.74) is 1.94. The van der Waals surface area contributed by atoms with Gasteiger partial charge in [0.25, 0.3) is 0 Å². The number of anilines is 2. The number of rotatable bonds is 10. The number of halogens is 1. The van der Waals surface area contributed by atoms with Crippen LogP contribution in [0.3, 0.4) is 0 Å². The number of thiophene rings is 1. The van der Waals surface area contributed by atoms with Gasteiger partial charge in [-0.25, -0.2) is 13.2 Å². The largest absolute Gasteiger partial charge is 0.477 e. The molecule has 9 heteroatoms. The predicted octanol–water partition coefficient (Wildman–Crippen LogP) is 7.66. The van der Waals surface area contributed by atoms with Gasteiger partial charge in [0.05, 0.1) is 10.7 Å². The summed E-state index contributed by atoms with van der Waals surface area (Å²) in [6, 6.07) is 16.1. The highest BCUT2D eigenvalue weighted by atomic mass is 35.5. The maximum atomic E-state index is 14.0. The van der Waals surface area contributed by atoms with Crippen LogP contribution in [-0.4, -0.2) is 43.4 Å². The van der Waals surface area contributed by atoms with Gasteiger partial charge in [-0.3, -0.25) is 0 Å². The second kappa shape index (κ2) is 12.0. The number of para-hydroxylation sites is 1. The van der Waals surface area contributed by atoms with Gasteiger partial charge in [-0.05, 0) is 42.8 Å². The van der Waals surface area contributed by atoms with Crippen molar-refractivity contribution in [3.8, 4) is 10.4 Å². The number of carbonyl (C=O) groups is 1. The van der Waals surface area contributed by atoms with E-state index in [0.29, 0.717) is 27.7 Å². The van der Waals surface area contributed by atoms with E-state index in [2.05, 4.69) is 6.92 Å². The van der Waals surface area contributed by atoms with Gasteiger partial charge in [-0.1, -0.05) is 75.2 Å². The SMILES string of the molecule is CCCCCCCC[C@@H]1CN(c2ccccc2)c2cc(Cl)c(-c3ccc(C(=O)O)s3)cc2S(=O)(=O)N1C. The fourth-order valence-corrected chi connectivity index (χ4v) is 7.57. The quantitative estimate of drug-likeness (QED) is 0.257. The maximum Gasteiger partial charge on any atom is 0.345 e. The van der Waals surface area contributed by atoms with Crippen molar-refractivity contribution in [2.75, 3.05) is 18.5 Å². The Kier molecular flexibility index (Phi) is 8.95. The van der Waals surface area contributed by atoms with Crippen molar-refractivity contribution in [3.05, 3.63) is 64.5 Å². The predicted molar refractivity (Wildman–Crippen MR) is 152 cm³/mol. The lowest BCUT2D eigenvalue weighted by molar-refractivity contribution is 0.0702. The molecule has 0 aliphatic carbocycles. The molecule has 4 rings (SSSR count). The number of unbranched alkanes of at least 4 members (excludes halogenated alkanes) is 5. The van der Waals surface area contributed by atoms with Crippen LogP contribution in [0.25, 0.3) is 10.4 Å². The molecule has 1 atom stereocenters. The molecule has 0 fully saturated rings. The summed E-state index contributed by atoms with van der Waals surface area (Å²) in [5.74, 6) is -1.03. The van der Waals surface area contributed by atoms with Gasteiger partial charge in [0, 0.05) is 35.8 Å². The number of carboxylic acid groups (broad SMARTS) is 1. The molecular weight excluding hydrogens is 528 g/mol. The smallest absolute Gasteiger partial charge is 0.345 e. The van der Waals surface area contributed by atoms with Crippen molar-refractivity contribution >= 4 is 50.3 Å². The van der Waals surface area contributed by atoms with E-state index in [4.69, 9.17) is 11.6 Å². The summed E-state index contributed by atoms with van der Waals surface area (Å²) in [5, 5.41) is 9.73. The highest BCUT2D eigenvalue weighted by Crippen LogP contribution is 2.44. The van der Waals surface area contributed by atoms with E-state index in [1.807, 2.05) is 35.2 Å². The number of sulfonamides is 1. The van der Waals surface area contributed by atoms with Crippen molar-refractivity contribution in [2.45, 2.75) is 62.8 Å². The van der Waals surface area contributed by atoms with E-state index in [9.17, 15) is 18.3 Å². The van der Waals surface area contributed by atoms with E-state index in [1.54, 1.807) is 25.2 Å². The van der Waals surface area contributed by atoms with Gasteiger partial charge in [0.2, 0.25) is 10.0 Å². The van der Waals surface area contributed by atoms with E-state index in [0.717, 1.165) is 42.7 Å². The molecule has 0 bridgehead atoms. The number of carboxylic acids is 1. The summed E-state index contributed by atoms with van der Waals surface area (Å²) in [6.45, 7) is 2.71. The van der Waals surface area contributed by atoms with Crippen LogP contribution in [0.1, 0.15) is 61.5 Å². The lowest BCUT2D eigenvalue weighted by Gasteiger charge is -2.29. The first kappa shape index (κ1) is 27.6. The molecule has 1 aliphatic heterocycles. The molecule has 0 amide bonds. The Morgan fingerprint density at radius 3 is 2.43 bits per heavy atom. The lowest BCUT2D eigenvalue weighted by atomic mass is 10.0. The second-order valence-corrected chi connectivity index (χ2v) is 12.9. The molecular formula is C28H33ClN2O4S2. The van der Waals surface area contributed by atoms with Crippen LogP contribution < -0.4 is 4.90 Å². The minimum absolute atomic E-state index is 0.172. The third-order valence-electron chi connectivity index (χ3n) is 6.95. The Morgan fingerprint density at radius 1 is 1.05 bits per heavy atom. The monoisotopic (exact) mass is 560 g/mol. The summed E-state index contributed by atoms with van der Waals surface area (Å²) in [4.78, 5) is 14.4. The zero-order chi connectivity index (χ0) is 26.6. The van der Waals surface area contributed by atoms with Gasteiger partial charge in [-0.2, -0.15) is 4.31 Å². The number of benzene rings is 2. The van der Waals surface area contributed by atoms with E-state index >= 15 is 0 Å². The molecule has 37 heavy (non-hydrogen) atoms. The minimum atomic E-state index is -3.83. The fraction of sp³-hybridized carbons (Fsp3) is 0.393. The molecule has 0 spiro atoms. The van der Waals surface area contributed by atoms with Crippen molar-refractivity contribution in [1.82, 2.24) is 4.31 Å². The van der Waals surface area contributed by atoms with Gasteiger partial charge in [-0.15, -0.1) is 11.3 Å². The van der Waals surface area contributed by atoms with Crippen LogP contribution in [-0.2, 0) is 10.0 Å². The molecule has 2 heterocycles. The van der Waals surface area contributed by atoms with Crippen molar-refractivity contribution in [1.29, 1.82) is 0 Å². The summed E-state index contributed by atoms with van der Waals surface area (Å²) < 4.78 is 29.4. The van der Waals surface area contributed by atoms with E-state index in [1.165, 1.54) is 29.6 Å². The molecule has 0 saturated carbocycles. The number of likely N-dealkylation sites (N-methyl/N-ethyl adjacent to an activating group) is 1. The van der Waals surface area contributed by atoms with Gasteiger partial charge in [0.15, 0.2) is 0 Å². The van der Waals surface area contributed by atoms with E-state index < -0.39 is 16.0 Å². The molecule has 1 aromatic heterocycles. The molecule has 0 radical (unpaired) electrons. The molecule has 6 nitrogen and oxygen atoms in total. The number of aromatic carboxylic acids is 1. The second-order valence-electron chi connectivity index (χ2n) is 9.45. The van der Waals surface area contributed by atoms with Crippen LogP contribution in [0.4, 0.5) is 11.4 Å². The highest BCUT2D eigenvalue weighted by Gasteiger charge is 2.37. The molecule has 3 aromatic rings. The van der Waals surface area contributed by atoms with Gasteiger partial charge in [0.1, 0.15) is 9.77 Å². The van der Waals surface area contributed by atoms with Crippen LogP contribution in [0.2, 0.25) is 5.02 Å². The Bertz CT molecular complexity index is 1340.